The van der Waals surface area contributed by atoms with Crippen molar-refractivity contribution in [1.29, 1.82) is 0 Å². The molecular weight excluding hydrogens is 252 g/mol. The van der Waals surface area contributed by atoms with E-state index in [1.807, 2.05) is 55.6 Å². The van der Waals surface area contributed by atoms with Crippen LogP contribution in [0.5, 0.6) is 0 Å². The number of amides is 1. The summed E-state index contributed by atoms with van der Waals surface area (Å²) in [5, 5.41) is 2.96. The first kappa shape index (κ1) is 14.5. The van der Waals surface area contributed by atoms with E-state index in [0.717, 1.165) is 29.9 Å². The molecule has 0 spiro atoms. The van der Waals surface area contributed by atoms with Crippen LogP contribution in [0.3, 0.4) is 0 Å². The van der Waals surface area contributed by atoms with E-state index in [1.165, 1.54) is 0 Å². The van der Waals surface area contributed by atoms with Crippen LogP contribution in [0.1, 0.15) is 28.7 Å². The normalized spacial score (nSPS) is 11.2. The second-order valence-corrected chi connectivity index (χ2v) is 5.25. The van der Waals surface area contributed by atoms with Gasteiger partial charge in [0, 0.05) is 19.3 Å². The summed E-state index contributed by atoms with van der Waals surface area (Å²) in [7, 11) is 3.97. The molecule has 1 N–H and O–H groups in total. The average molecular weight is 274 g/mol. The number of likely N-dealkylation sites (N-methyl/N-ethyl adjacent to an activating group) is 1. The highest BCUT2D eigenvalue weighted by Gasteiger charge is 2.17. The first-order valence-electron chi connectivity index (χ1n) is 6.93. The van der Waals surface area contributed by atoms with Crippen LogP contribution in [0.2, 0.25) is 0 Å². The molecule has 0 fully saturated rings. The van der Waals surface area contributed by atoms with Crippen LogP contribution < -0.4 is 5.32 Å². The van der Waals surface area contributed by atoms with Gasteiger partial charge in [-0.1, -0.05) is 13.0 Å². The van der Waals surface area contributed by atoms with E-state index in [0.29, 0.717) is 12.2 Å². The number of pyridine rings is 1. The van der Waals surface area contributed by atoms with Crippen LogP contribution in [0.25, 0.3) is 5.65 Å². The second-order valence-electron chi connectivity index (χ2n) is 5.25. The van der Waals surface area contributed by atoms with Crippen molar-refractivity contribution in [3.05, 3.63) is 35.3 Å². The summed E-state index contributed by atoms with van der Waals surface area (Å²) < 4.78 is 1.89. The van der Waals surface area contributed by atoms with Crippen LogP contribution >= 0.6 is 0 Å². The highest BCUT2D eigenvalue weighted by Crippen LogP contribution is 2.14. The maximum absolute atomic E-state index is 12.4. The molecule has 0 aromatic carbocycles. The Morgan fingerprint density at radius 2 is 2.15 bits per heavy atom. The van der Waals surface area contributed by atoms with E-state index in [9.17, 15) is 4.79 Å². The number of carbonyl (C=O) groups is 1. The molecule has 2 aromatic heterocycles. The molecule has 108 valence electrons. The predicted molar refractivity (Wildman–Crippen MR) is 80.2 cm³/mol. The van der Waals surface area contributed by atoms with Gasteiger partial charge in [-0.05, 0) is 39.1 Å². The molecule has 0 unspecified atom stereocenters. The van der Waals surface area contributed by atoms with Gasteiger partial charge in [-0.2, -0.15) is 0 Å². The summed E-state index contributed by atoms with van der Waals surface area (Å²) in [5.41, 5.74) is 3.44. The summed E-state index contributed by atoms with van der Waals surface area (Å²) in [6.07, 6.45) is 2.71. The van der Waals surface area contributed by atoms with Crippen molar-refractivity contribution in [3.8, 4) is 0 Å². The predicted octanol–water partition coefficient (Wildman–Crippen LogP) is 1.50. The van der Waals surface area contributed by atoms with E-state index in [2.05, 4.69) is 10.3 Å². The number of nitrogens with one attached hydrogen (secondary N) is 1. The molecule has 5 heteroatoms. The zero-order chi connectivity index (χ0) is 14.7. The Hall–Kier alpha value is -1.88. The van der Waals surface area contributed by atoms with Gasteiger partial charge in [-0.25, -0.2) is 4.98 Å². The number of aromatic nitrogens is 2. The van der Waals surface area contributed by atoms with Crippen LogP contribution in [-0.2, 0) is 6.42 Å². The molecule has 20 heavy (non-hydrogen) atoms. The monoisotopic (exact) mass is 274 g/mol. The van der Waals surface area contributed by atoms with Crippen molar-refractivity contribution in [2.45, 2.75) is 20.3 Å². The summed E-state index contributed by atoms with van der Waals surface area (Å²) in [5.74, 6) is -0.0539. The minimum Gasteiger partial charge on any atom is -0.349 e. The lowest BCUT2D eigenvalue weighted by atomic mass is 10.2. The zero-order valence-corrected chi connectivity index (χ0v) is 12.6. The van der Waals surface area contributed by atoms with E-state index in [4.69, 9.17) is 0 Å². The molecule has 0 atom stereocenters. The number of rotatable bonds is 5. The van der Waals surface area contributed by atoms with Gasteiger partial charge in [0.05, 0.1) is 5.69 Å². The van der Waals surface area contributed by atoms with Crippen molar-refractivity contribution < 1.29 is 4.79 Å². The van der Waals surface area contributed by atoms with Gasteiger partial charge in [0.15, 0.2) is 0 Å². The summed E-state index contributed by atoms with van der Waals surface area (Å²) in [6, 6.07) is 3.96. The number of carbonyl (C=O) groups excluding carboxylic acids is 1. The SMILES string of the molecule is CCc1nc2ccc(C)cn2c1C(=O)NCCN(C)C. The Morgan fingerprint density at radius 1 is 1.40 bits per heavy atom. The minimum absolute atomic E-state index is 0.0539. The Morgan fingerprint density at radius 3 is 2.80 bits per heavy atom. The molecule has 0 aliphatic heterocycles. The van der Waals surface area contributed by atoms with Gasteiger partial charge in [-0.3, -0.25) is 9.20 Å². The molecule has 2 heterocycles. The van der Waals surface area contributed by atoms with E-state index < -0.39 is 0 Å². The van der Waals surface area contributed by atoms with E-state index in [1.54, 1.807) is 0 Å². The Bertz CT molecular complexity index is 616. The molecular formula is C15H22N4O. The van der Waals surface area contributed by atoms with Gasteiger partial charge in [0.1, 0.15) is 11.3 Å². The van der Waals surface area contributed by atoms with Gasteiger partial charge in [0.2, 0.25) is 0 Å². The fourth-order valence-corrected chi connectivity index (χ4v) is 2.16. The van der Waals surface area contributed by atoms with Gasteiger partial charge >= 0.3 is 0 Å². The van der Waals surface area contributed by atoms with Crippen LogP contribution in [-0.4, -0.2) is 47.4 Å². The molecule has 0 bridgehead atoms. The standard InChI is InChI=1S/C15H22N4O/c1-5-12-14(15(20)16-8-9-18(3)4)19-10-11(2)6-7-13(19)17-12/h6-7,10H,5,8-9H2,1-4H3,(H,16,20). The molecule has 2 aromatic rings. The Labute approximate surface area is 119 Å². The number of imidazole rings is 1. The van der Waals surface area contributed by atoms with Gasteiger partial charge in [0.25, 0.3) is 5.91 Å². The third-order valence-electron chi connectivity index (χ3n) is 3.23. The quantitative estimate of drug-likeness (QED) is 0.899. The number of nitrogens with zero attached hydrogens (tertiary/aromatic N) is 3. The van der Waals surface area contributed by atoms with Crippen molar-refractivity contribution in [2.75, 3.05) is 27.2 Å². The Balaban J connectivity index is 2.31. The number of hydrogen-bond acceptors (Lipinski definition) is 3. The topological polar surface area (TPSA) is 49.6 Å². The molecule has 1 amide bonds. The zero-order valence-electron chi connectivity index (χ0n) is 12.6. The Kier molecular flexibility index (Phi) is 4.39. The lowest BCUT2D eigenvalue weighted by Gasteiger charge is -2.11. The number of aryl methyl sites for hydroxylation is 2. The van der Waals surface area contributed by atoms with Crippen molar-refractivity contribution in [2.24, 2.45) is 0 Å². The number of fused-ring (bicyclic) bond motifs is 1. The fourth-order valence-electron chi connectivity index (χ4n) is 2.16. The lowest BCUT2D eigenvalue weighted by molar-refractivity contribution is 0.0944. The van der Waals surface area contributed by atoms with Gasteiger partial charge in [-0.15, -0.1) is 0 Å². The third kappa shape index (κ3) is 2.99. The summed E-state index contributed by atoms with van der Waals surface area (Å²) in [4.78, 5) is 19.0. The smallest absolute Gasteiger partial charge is 0.270 e. The van der Waals surface area contributed by atoms with Crippen molar-refractivity contribution in [1.82, 2.24) is 19.6 Å². The minimum atomic E-state index is -0.0539. The highest BCUT2D eigenvalue weighted by molar-refractivity contribution is 5.94. The van der Waals surface area contributed by atoms with Crippen molar-refractivity contribution in [3.63, 3.8) is 0 Å². The highest BCUT2D eigenvalue weighted by atomic mass is 16.1. The van der Waals surface area contributed by atoms with Crippen LogP contribution in [0.15, 0.2) is 18.3 Å². The van der Waals surface area contributed by atoms with Gasteiger partial charge < -0.3 is 10.2 Å². The maximum Gasteiger partial charge on any atom is 0.270 e. The fraction of sp³-hybridized carbons (Fsp3) is 0.467. The largest absolute Gasteiger partial charge is 0.349 e. The average Bonchev–Trinajstić information content (AvgIpc) is 2.75. The summed E-state index contributed by atoms with van der Waals surface area (Å²) in [6.45, 7) is 5.49. The third-order valence-corrected chi connectivity index (χ3v) is 3.23. The molecule has 0 aliphatic carbocycles. The molecule has 0 saturated heterocycles. The van der Waals surface area contributed by atoms with Crippen molar-refractivity contribution >= 4 is 11.6 Å². The maximum atomic E-state index is 12.4. The first-order valence-corrected chi connectivity index (χ1v) is 6.93. The van der Waals surface area contributed by atoms with Crippen LogP contribution in [0, 0.1) is 6.92 Å². The molecule has 2 rings (SSSR count). The second kappa shape index (κ2) is 6.05. The molecule has 5 nitrogen and oxygen atoms in total. The first-order chi connectivity index (χ1) is 9.52. The number of hydrogen-bond donors (Lipinski definition) is 1. The summed E-state index contributed by atoms with van der Waals surface area (Å²) >= 11 is 0. The molecule has 0 radical (unpaired) electrons. The lowest BCUT2D eigenvalue weighted by Crippen LogP contribution is -2.32. The molecule has 0 saturated carbocycles. The van der Waals surface area contributed by atoms with E-state index >= 15 is 0 Å². The van der Waals surface area contributed by atoms with Crippen LogP contribution in [0.4, 0.5) is 0 Å². The van der Waals surface area contributed by atoms with E-state index in [-0.39, 0.29) is 5.91 Å². The molecule has 0 aliphatic rings.